The van der Waals surface area contributed by atoms with Crippen molar-refractivity contribution in [3.63, 3.8) is 0 Å². The standard InChI is InChI=1S/C76H126O6/c1-4-7-10-13-16-19-22-25-28-31-33-34-35-36-37-38-39-40-41-42-43-46-48-51-54-57-60-63-66-69-75(78)81-72-73(71-80-74(77)68-65-62-59-56-53-50-47-44-30-27-24-21-18-15-12-9-6-3)82-76(79)70-67-64-61-58-55-52-49-45-32-29-26-23-20-17-14-11-8-5-2/h7,9-10,12,16,18-19,21,25,27-28,30,33-34,36-37,39-40,47,50,56,59,73H,4-6,8,11,13-15,17,20,22-24,26,29,31-32,35,38,41-46,48-49,51-55,57-58,60-72H2,1-3H3/b10-7-,12-9-,19-16-,21-18-,28-25-,30-27-,34-33-,37-36-,40-39-,50-47-,59-56-. The molecule has 1 unspecified atom stereocenters. The fraction of sp³-hybridized carbons (Fsp3) is 0.671. The third-order valence-corrected chi connectivity index (χ3v) is 14.4. The number of esters is 3. The molecule has 0 N–H and O–H groups in total. The van der Waals surface area contributed by atoms with Gasteiger partial charge in [0, 0.05) is 19.3 Å². The molecular formula is C76H126O6. The minimum Gasteiger partial charge on any atom is -0.462 e. The molecule has 0 spiro atoms. The highest BCUT2D eigenvalue weighted by Gasteiger charge is 2.19. The van der Waals surface area contributed by atoms with Crippen LogP contribution in [-0.4, -0.2) is 37.2 Å². The van der Waals surface area contributed by atoms with Crippen molar-refractivity contribution in [1.82, 2.24) is 0 Å². The Kier molecular flexibility index (Phi) is 65.3. The second-order valence-corrected chi connectivity index (χ2v) is 22.3. The van der Waals surface area contributed by atoms with Gasteiger partial charge in [0.25, 0.3) is 0 Å². The van der Waals surface area contributed by atoms with Crippen molar-refractivity contribution in [2.24, 2.45) is 0 Å². The first-order valence-corrected chi connectivity index (χ1v) is 34.2. The first kappa shape index (κ1) is 77.5. The summed E-state index contributed by atoms with van der Waals surface area (Å²) in [6.07, 6.45) is 97.6. The lowest BCUT2D eigenvalue weighted by molar-refractivity contribution is -0.167. The zero-order valence-electron chi connectivity index (χ0n) is 53.5. The summed E-state index contributed by atoms with van der Waals surface area (Å²) in [6.45, 7) is 6.39. The second-order valence-electron chi connectivity index (χ2n) is 22.3. The molecule has 0 aliphatic heterocycles. The smallest absolute Gasteiger partial charge is 0.306 e. The Morgan fingerprint density at radius 2 is 0.488 bits per heavy atom. The first-order chi connectivity index (χ1) is 40.5. The molecule has 0 saturated carbocycles. The Labute approximate surface area is 506 Å². The van der Waals surface area contributed by atoms with Crippen molar-refractivity contribution in [2.45, 2.75) is 316 Å². The van der Waals surface area contributed by atoms with Crippen LogP contribution < -0.4 is 0 Å². The number of hydrogen-bond acceptors (Lipinski definition) is 6. The quantitative estimate of drug-likeness (QED) is 0.0261. The van der Waals surface area contributed by atoms with Gasteiger partial charge in [-0.15, -0.1) is 0 Å². The van der Waals surface area contributed by atoms with Gasteiger partial charge in [0.2, 0.25) is 0 Å². The Bertz CT molecular complexity index is 1730. The minimum atomic E-state index is -0.807. The summed E-state index contributed by atoms with van der Waals surface area (Å²) in [5.74, 6) is -0.954. The fourth-order valence-electron chi connectivity index (χ4n) is 9.37. The molecule has 0 aromatic heterocycles. The maximum Gasteiger partial charge on any atom is 0.306 e. The number of ether oxygens (including phenoxy) is 3. The van der Waals surface area contributed by atoms with Gasteiger partial charge in [0.05, 0.1) is 0 Å². The van der Waals surface area contributed by atoms with Crippen LogP contribution in [0.25, 0.3) is 0 Å². The Morgan fingerprint density at radius 1 is 0.256 bits per heavy atom. The van der Waals surface area contributed by atoms with Crippen LogP contribution in [0.3, 0.4) is 0 Å². The molecule has 0 aliphatic carbocycles. The van der Waals surface area contributed by atoms with E-state index in [0.717, 1.165) is 116 Å². The fourth-order valence-corrected chi connectivity index (χ4v) is 9.37. The van der Waals surface area contributed by atoms with E-state index in [4.69, 9.17) is 14.2 Å². The predicted molar refractivity (Wildman–Crippen MR) is 357 cm³/mol. The third kappa shape index (κ3) is 66.4. The van der Waals surface area contributed by atoms with Crippen LogP contribution in [0.1, 0.15) is 310 Å². The van der Waals surface area contributed by atoms with E-state index in [1.807, 2.05) is 0 Å². The number of allylic oxidation sites excluding steroid dienone is 22. The highest BCUT2D eigenvalue weighted by molar-refractivity contribution is 5.71. The maximum absolute atomic E-state index is 12.9. The third-order valence-electron chi connectivity index (χ3n) is 14.4. The van der Waals surface area contributed by atoms with E-state index >= 15 is 0 Å². The monoisotopic (exact) mass is 1130 g/mol. The molecule has 0 bridgehead atoms. The summed E-state index contributed by atoms with van der Waals surface area (Å²) in [6, 6.07) is 0. The van der Waals surface area contributed by atoms with Crippen LogP contribution >= 0.6 is 0 Å². The van der Waals surface area contributed by atoms with E-state index in [1.165, 1.54) is 148 Å². The number of carbonyl (C=O) groups is 3. The van der Waals surface area contributed by atoms with Gasteiger partial charge in [0.15, 0.2) is 6.10 Å². The zero-order chi connectivity index (χ0) is 59.2. The van der Waals surface area contributed by atoms with Crippen LogP contribution in [0.5, 0.6) is 0 Å². The molecule has 466 valence electrons. The van der Waals surface area contributed by atoms with Crippen molar-refractivity contribution in [2.75, 3.05) is 13.2 Å². The van der Waals surface area contributed by atoms with Gasteiger partial charge >= 0.3 is 17.9 Å². The number of unbranched alkanes of at least 4 members (excludes halogenated alkanes) is 28. The van der Waals surface area contributed by atoms with Gasteiger partial charge < -0.3 is 14.2 Å². The molecular weight excluding hydrogens is 1010 g/mol. The van der Waals surface area contributed by atoms with Gasteiger partial charge in [-0.3, -0.25) is 14.4 Å². The van der Waals surface area contributed by atoms with Crippen molar-refractivity contribution in [3.05, 3.63) is 134 Å². The van der Waals surface area contributed by atoms with E-state index in [0.29, 0.717) is 19.3 Å². The molecule has 0 rings (SSSR count). The molecule has 1 atom stereocenters. The molecule has 0 amide bonds. The van der Waals surface area contributed by atoms with Crippen LogP contribution in [0, 0.1) is 0 Å². The van der Waals surface area contributed by atoms with Gasteiger partial charge in [-0.05, 0) is 109 Å². The van der Waals surface area contributed by atoms with Crippen molar-refractivity contribution < 1.29 is 28.6 Å². The molecule has 6 heteroatoms. The molecule has 0 saturated heterocycles. The summed E-state index contributed by atoms with van der Waals surface area (Å²) < 4.78 is 16.9. The zero-order valence-corrected chi connectivity index (χ0v) is 53.5. The Balaban J connectivity index is 4.39. The molecule has 0 fully saturated rings. The second kappa shape index (κ2) is 69.0. The first-order valence-electron chi connectivity index (χ1n) is 34.2. The number of hydrogen-bond donors (Lipinski definition) is 0. The van der Waals surface area contributed by atoms with Gasteiger partial charge in [-0.2, -0.15) is 0 Å². The molecule has 0 radical (unpaired) electrons. The number of rotatable bonds is 61. The molecule has 0 aromatic rings. The van der Waals surface area contributed by atoms with Crippen LogP contribution in [0.4, 0.5) is 0 Å². The molecule has 82 heavy (non-hydrogen) atoms. The van der Waals surface area contributed by atoms with Crippen molar-refractivity contribution >= 4 is 17.9 Å². The summed E-state index contributed by atoms with van der Waals surface area (Å²) in [7, 11) is 0. The summed E-state index contributed by atoms with van der Waals surface area (Å²) in [4.78, 5) is 38.4. The van der Waals surface area contributed by atoms with E-state index in [2.05, 4.69) is 154 Å². The van der Waals surface area contributed by atoms with Gasteiger partial charge in [-0.25, -0.2) is 0 Å². The van der Waals surface area contributed by atoms with Crippen molar-refractivity contribution in [1.29, 1.82) is 0 Å². The lowest BCUT2D eigenvalue weighted by Crippen LogP contribution is -2.30. The van der Waals surface area contributed by atoms with E-state index < -0.39 is 6.10 Å². The summed E-state index contributed by atoms with van der Waals surface area (Å²) in [5.41, 5.74) is 0. The maximum atomic E-state index is 12.9. The summed E-state index contributed by atoms with van der Waals surface area (Å²) in [5, 5.41) is 0. The lowest BCUT2D eigenvalue weighted by atomic mass is 10.0. The topological polar surface area (TPSA) is 78.9 Å². The van der Waals surface area contributed by atoms with Crippen molar-refractivity contribution in [3.8, 4) is 0 Å². The van der Waals surface area contributed by atoms with Crippen LogP contribution in [-0.2, 0) is 28.6 Å². The SMILES string of the molecule is CC/C=C\C/C=C\C/C=C\C/C=C\C/C=C\C/C=C\CCCCCCCCCCCCC(=O)OCC(COC(=O)CCC/C=C\C/C=C\C/C=C\C/C=C\C/C=C\CC)OC(=O)CCCCCCCCCCCCCCCCCCCC. The molecule has 6 nitrogen and oxygen atoms in total. The predicted octanol–water partition coefficient (Wildman–Crippen LogP) is 23.7. The van der Waals surface area contributed by atoms with E-state index in [9.17, 15) is 14.4 Å². The van der Waals surface area contributed by atoms with E-state index in [-0.39, 0.29) is 37.5 Å². The summed E-state index contributed by atoms with van der Waals surface area (Å²) >= 11 is 0. The lowest BCUT2D eigenvalue weighted by Gasteiger charge is -2.18. The van der Waals surface area contributed by atoms with Crippen LogP contribution in [0.15, 0.2) is 134 Å². The van der Waals surface area contributed by atoms with Crippen LogP contribution in [0.2, 0.25) is 0 Å². The number of carbonyl (C=O) groups excluding carboxylic acids is 3. The minimum absolute atomic E-state index is 0.0988. The average molecular weight is 1140 g/mol. The van der Waals surface area contributed by atoms with E-state index in [1.54, 1.807) is 0 Å². The van der Waals surface area contributed by atoms with Gasteiger partial charge in [-0.1, -0.05) is 315 Å². The molecule has 0 aliphatic rings. The Morgan fingerprint density at radius 3 is 0.793 bits per heavy atom. The largest absolute Gasteiger partial charge is 0.462 e. The van der Waals surface area contributed by atoms with Gasteiger partial charge in [0.1, 0.15) is 13.2 Å². The average Bonchev–Trinajstić information content (AvgIpc) is 3.47. The molecule has 0 heterocycles. The normalized spacial score (nSPS) is 13.0. The molecule has 0 aromatic carbocycles. The highest BCUT2D eigenvalue weighted by atomic mass is 16.6. The highest BCUT2D eigenvalue weighted by Crippen LogP contribution is 2.17. The Hall–Kier alpha value is -4.45.